The number of aromatic nitrogens is 3. The van der Waals surface area contributed by atoms with E-state index in [9.17, 15) is 9.90 Å². The van der Waals surface area contributed by atoms with Gasteiger partial charge in [-0.25, -0.2) is 4.98 Å². The molecule has 0 aliphatic carbocycles. The number of aryl methyl sites for hydroxylation is 1. The number of aromatic hydroxyl groups is 1. The van der Waals surface area contributed by atoms with Crippen molar-refractivity contribution in [1.82, 2.24) is 14.5 Å². The Morgan fingerprint density at radius 2 is 2.05 bits per heavy atom. The van der Waals surface area contributed by atoms with Crippen LogP contribution in [-0.2, 0) is 6.54 Å². The van der Waals surface area contributed by atoms with E-state index in [0.717, 1.165) is 5.69 Å². The molecule has 22 heavy (non-hydrogen) atoms. The average Bonchev–Trinajstić information content (AvgIpc) is 2.50. The molecule has 0 fully saturated rings. The molecule has 0 saturated heterocycles. The van der Waals surface area contributed by atoms with E-state index in [1.54, 1.807) is 28.8 Å². The Morgan fingerprint density at radius 3 is 2.73 bits per heavy atom. The summed E-state index contributed by atoms with van der Waals surface area (Å²) in [5, 5.41) is 12.7. The molecule has 1 aromatic carbocycles. The number of nitrogens with one attached hydrogen (secondary N) is 1. The van der Waals surface area contributed by atoms with Crippen LogP contribution < -0.4 is 16.5 Å². The van der Waals surface area contributed by atoms with Crippen LogP contribution in [0.25, 0.3) is 11.0 Å². The summed E-state index contributed by atoms with van der Waals surface area (Å²) in [5.74, 6) is 0.900. The van der Waals surface area contributed by atoms with Crippen molar-refractivity contribution in [2.45, 2.75) is 13.5 Å². The molecule has 3 aromatic rings. The standard InChI is InChI=1S/C15H15N5O2/c1-2-20-13(16)7-12(22)11-8-17-15(19-14(11)20)18-9-3-5-10(21)6-4-9/h3-8,21H,2,16H2,1H3,(H,17,18,19). The van der Waals surface area contributed by atoms with Crippen LogP contribution in [0.4, 0.5) is 17.5 Å². The fourth-order valence-electron chi connectivity index (χ4n) is 2.23. The normalized spacial score (nSPS) is 10.8. The van der Waals surface area contributed by atoms with Gasteiger partial charge in [0.25, 0.3) is 0 Å². The molecular formula is C15H15N5O2. The summed E-state index contributed by atoms with van der Waals surface area (Å²) in [5.41, 5.74) is 6.89. The van der Waals surface area contributed by atoms with Gasteiger partial charge in [0.2, 0.25) is 5.95 Å². The van der Waals surface area contributed by atoms with Gasteiger partial charge in [0.15, 0.2) is 11.1 Å². The summed E-state index contributed by atoms with van der Waals surface area (Å²) in [4.78, 5) is 20.5. The lowest BCUT2D eigenvalue weighted by Gasteiger charge is -2.12. The molecule has 0 amide bonds. The number of nitrogens with zero attached hydrogens (tertiary/aromatic N) is 3. The maximum Gasteiger partial charge on any atom is 0.229 e. The summed E-state index contributed by atoms with van der Waals surface area (Å²) < 4.78 is 1.75. The van der Waals surface area contributed by atoms with Crippen LogP contribution in [0.3, 0.4) is 0 Å². The van der Waals surface area contributed by atoms with Gasteiger partial charge in [-0.1, -0.05) is 0 Å². The topological polar surface area (TPSA) is 106 Å². The van der Waals surface area contributed by atoms with Crippen molar-refractivity contribution < 1.29 is 5.11 Å². The smallest absolute Gasteiger partial charge is 0.229 e. The zero-order valence-corrected chi connectivity index (χ0v) is 11.9. The predicted molar refractivity (Wildman–Crippen MR) is 85.3 cm³/mol. The second-order valence-corrected chi connectivity index (χ2v) is 4.78. The second-order valence-electron chi connectivity index (χ2n) is 4.78. The lowest BCUT2D eigenvalue weighted by molar-refractivity contribution is 0.475. The van der Waals surface area contributed by atoms with Gasteiger partial charge >= 0.3 is 0 Å². The molecule has 0 aliphatic heterocycles. The Balaban J connectivity index is 2.08. The van der Waals surface area contributed by atoms with Gasteiger partial charge in [-0.2, -0.15) is 4.98 Å². The first kappa shape index (κ1) is 13.9. The van der Waals surface area contributed by atoms with Gasteiger partial charge < -0.3 is 20.7 Å². The third-order valence-corrected chi connectivity index (χ3v) is 3.32. The Bertz CT molecular complexity index is 887. The first-order chi connectivity index (χ1) is 10.6. The summed E-state index contributed by atoms with van der Waals surface area (Å²) in [6.45, 7) is 2.52. The zero-order valence-electron chi connectivity index (χ0n) is 11.9. The van der Waals surface area contributed by atoms with Crippen LogP contribution in [0, 0.1) is 0 Å². The van der Waals surface area contributed by atoms with Crippen LogP contribution in [-0.4, -0.2) is 19.6 Å². The number of phenolic OH excluding ortho intramolecular Hbond substituents is 1. The fraction of sp³-hybridized carbons (Fsp3) is 0.133. The molecule has 112 valence electrons. The first-order valence-electron chi connectivity index (χ1n) is 6.80. The molecule has 0 atom stereocenters. The molecule has 0 saturated carbocycles. The van der Waals surface area contributed by atoms with Crippen molar-refractivity contribution >= 4 is 28.5 Å². The molecule has 2 heterocycles. The van der Waals surface area contributed by atoms with Crippen molar-refractivity contribution in [3.05, 3.63) is 46.8 Å². The minimum atomic E-state index is -0.201. The van der Waals surface area contributed by atoms with E-state index in [-0.39, 0.29) is 11.2 Å². The minimum Gasteiger partial charge on any atom is -0.508 e. The Morgan fingerprint density at radius 1 is 1.32 bits per heavy atom. The number of anilines is 3. The number of fused-ring (bicyclic) bond motifs is 1. The highest BCUT2D eigenvalue weighted by Gasteiger charge is 2.09. The maximum atomic E-state index is 12.0. The minimum absolute atomic E-state index is 0.178. The highest BCUT2D eigenvalue weighted by Crippen LogP contribution is 2.19. The van der Waals surface area contributed by atoms with E-state index in [1.165, 1.54) is 12.3 Å². The highest BCUT2D eigenvalue weighted by atomic mass is 16.3. The molecule has 4 N–H and O–H groups in total. The van der Waals surface area contributed by atoms with Crippen LogP contribution >= 0.6 is 0 Å². The molecular weight excluding hydrogens is 282 g/mol. The number of phenols is 1. The molecule has 7 heteroatoms. The fourth-order valence-corrected chi connectivity index (χ4v) is 2.23. The number of pyridine rings is 1. The zero-order chi connectivity index (χ0) is 15.7. The number of benzene rings is 1. The number of nitrogen functional groups attached to an aromatic ring is 1. The van der Waals surface area contributed by atoms with Gasteiger partial charge in [-0.3, -0.25) is 4.79 Å². The Kier molecular flexibility index (Phi) is 3.38. The summed E-state index contributed by atoms with van der Waals surface area (Å²) in [7, 11) is 0. The quantitative estimate of drug-likeness (QED) is 0.637. The highest BCUT2D eigenvalue weighted by molar-refractivity contribution is 5.77. The SMILES string of the molecule is CCn1c(N)cc(=O)c2cnc(Nc3ccc(O)cc3)nc21. The van der Waals surface area contributed by atoms with E-state index in [0.29, 0.717) is 29.3 Å². The molecule has 0 aliphatic rings. The Hall–Kier alpha value is -3.09. The molecule has 0 unspecified atom stereocenters. The average molecular weight is 297 g/mol. The van der Waals surface area contributed by atoms with Crippen molar-refractivity contribution in [3.8, 4) is 5.75 Å². The Labute approximate surface area is 126 Å². The first-order valence-corrected chi connectivity index (χ1v) is 6.80. The second kappa shape index (κ2) is 5.36. The third-order valence-electron chi connectivity index (χ3n) is 3.32. The van der Waals surface area contributed by atoms with E-state index in [1.807, 2.05) is 6.92 Å². The summed E-state index contributed by atoms with van der Waals surface area (Å²) in [6.07, 6.45) is 1.49. The van der Waals surface area contributed by atoms with Crippen LogP contribution in [0.1, 0.15) is 6.92 Å². The number of hydrogen-bond donors (Lipinski definition) is 3. The van der Waals surface area contributed by atoms with E-state index < -0.39 is 0 Å². The van der Waals surface area contributed by atoms with Gasteiger partial charge in [0.05, 0.1) is 5.39 Å². The van der Waals surface area contributed by atoms with Crippen molar-refractivity contribution in [1.29, 1.82) is 0 Å². The van der Waals surface area contributed by atoms with Gasteiger partial charge in [-0.15, -0.1) is 0 Å². The molecule has 2 aromatic heterocycles. The van der Waals surface area contributed by atoms with Gasteiger partial charge in [0.1, 0.15) is 11.6 Å². The van der Waals surface area contributed by atoms with Gasteiger partial charge in [0, 0.05) is 24.5 Å². The monoisotopic (exact) mass is 297 g/mol. The van der Waals surface area contributed by atoms with Crippen LogP contribution in [0.2, 0.25) is 0 Å². The lowest BCUT2D eigenvalue weighted by atomic mass is 10.3. The number of hydrogen-bond acceptors (Lipinski definition) is 6. The van der Waals surface area contributed by atoms with Crippen molar-refractivity contribution in [2.24, 2.45) is 0 Å². The van der Waals surface area contributed by atoms with E-state index >= 15 is 0 Å². The molecule has 0 spiro atoms. The van der Waals surface area contributed by atoms with Crippen molar-refractivity contribution in [3.63, 3.8) is 0 Å². The number of nitrogens with two attached hydrogens (primary N) is 1. The van der Waals surface area contributed by atoms with E-state index in [4.69, 9.17) is 5.73 Å². The van der Waals surface area contributed by atoms with Crippen LogP contribution in [0.5, 0.6) is 5.75 Å². The number of rotatable bonds is 3. The van der Waals surface area contributed by atoms with Crippen LogP contribution in [0.15, 0.2) is 41.3 Å². The summed E-state index contributed by atoms with van der Waals surface area (Å²) >= 11 is 0. The maximum absolute atomic E-state index is 12.0. The lowest BCUT2D eigenvalue weighted by Crippen LogP contribution is -2.15. The van der Waals surface area contributed by atoms with Gasteiger partial charge in [-0.05, 0) is 31.2 Å². The predicted octanol–water partition coefficient (Wildman–Crippen LogP) is 1.84. The molecule has 0 bridgehead atoms. The molecule has 3 rings (SSSR count). The summed E-state index contributed by atoms with van der Waals surface area (Å²) in [6, 6.07) is 7.90. The molecule has 0 radical (unpaired) electrons. The largest absolute Gasteiger partial charge is 0.508 e. The van der Waals surface area contributed by atoms with E-state index in [2.05, 4.69) is 15.3 Å². The third kappa shape index (κ3) is 2.44. The van der Waals surface area contributed by atoms with Crippen molar-refractivity contribution in [2.75, 3.05) is 11.1 Å². The molecule has 7 nitrogen and oxygen atoms in total.